The topological polar surface area (TPSA) is 108 Å². The van der Waals surface area contributed by atoms with Crippen LogP contribution in [0.2, 0.25) is 0 Å². The van der Waals surface area contributed by atoms with E-state index in [1.165, 1.54) is 22.9 Å². The Bertz CT molecular complexity index is 900. The molecular formula is C14H14N2O6S. The molecule has 0 radical (unpaired) electrons. The van der Waals surface area contributed by atoms with E-state index in [4.69, 9.17) is 14.6 Å². The Balaban J connectivity index is 2.27. The van der Waals surface area contributed by atoms with Crippen LogP contribution < -0.4 is 9.47 Å². The lowest BCUT2D eigenvalue weighted by Gasteiger charge is -2.20. The summed E-state index contributed by atoms with van der Waals surface area (Å²) in [6, 6.07) is 4.25. The van der Waals surface area contributed by atoms with E-state index in [2.05, 4.69) is 5.10 Å². The number of carboxylic acid groups (broad SMARTS) is 1. The maximum absolute atomic E-state index is 12.1. The first-order valence-corrected chi connectivity index (χ1v) is 8.58. The molecule has 0 spiro atoms. The molecule has 0 unspecified atom stereocenters. The van der Waals surface area contributed by atoms with E-state index in [0.717, 1.165) is 6.26 Å². The van der Waals surface area contributed by atoms with Crippen LogP contribution in [0.3, 0.4) is 0 Å². The molecule has 9 heteroatoms. The van der Waals surface area contributed by atoms with E-state index in [1.807, 2.05) is 0 Å². The van der Waals surface area contributed by atoms with Crippen LogP contribution in [0.1, 0.15) is 10.5 Å². The summed E-state index contributed by atoms with van der Waals surface area (Å²) in [6.07, 6.45) is 1.08. The quantitative estimate of drug-likeness (QED) is 0.888. The highest BCUT2D eigenvalue weighted by atomic mass is 32.2. The summed E-state index contributed by atoms with van der Waals surface area (Å²) in [4.78, 5) is 11.1. The molecule has 0 amide bonds. The van der Waals surface area contributed by atoms with Crippen LogP contribution in [0.25, 0.3) is 11.3 Å². The zero-order valence-electron chi connectivity index (χ0n) is 12.4. The van der Waals surface area contributed by atoms with Crippen molar-refractivity contribution in [1.82, 2.24) is 9.78 Å². The van der Waals surface area contributed by atoms with Crippen molar-refractivity contribution in [3.8, 4) is 22.8 Å². The van der Waals surface area contributed by atoms with Crippen molar-refractivity contribution in [2.45, 2.75) is 4.90 Å². The molecule has 1 aromatic carbocycles. The Morgan fingerprint density at radius 1 is 1.22 bits per heavy atom. The highest BCUT2D eigenvalue weighted by molar-refractivity contribution is 7.90. The summed E-state index contributed by atoms with van der Waals surface area (Å²) in [5.41, 5.74) is 0.510. The normalized spacial score (nSPS) is 13.8. The van der Waals surface area contributed by atoms with Gasteiger partial charge in [0.05, 0.1) is 10.6 Å². The van der Waals surface area contributed by atoms with Crippen LogP contribution >= 0.6 is 0 Å². The number of rotatable bonds is 3. The molecule has 2 aromatic rings. The van der Waals surface area contributed by atoms with Gasteiger partial charge in [0.2, 0.25) is 0 Å². The fraction of sp³-hybridized carbons (Fsp3) is 0.286. The van der Waals surface area contributed by atoms with Crippen LogP contribution in [0.5, 0.6) is 11.5 Å². The maximum Gasteiger partial charge on any atom is 0.356 e. The van der Waals surface area contributed by atoms with E-state index >= 15 is 0 Å². The van der Waals surface area contributed by atoms with Gasteiger partial charge in [-0.15, -0.1) is 0 Å². The number of aromatic nitrogens is 2. The fourth-order valence-electron chi connectivity index (χ4n) is 2.40. The standard InChI is InChI=1S/C14H14N2O6S/c1-16-10(6-9(15-16)14(17)18)8-5-11-12(22-4-3-21-11)7-13(8)23(2,19)20/h5-7H,3-4H2,1-2H3,(H,17,18). The Morgan fingerprint density at radius 3 is 2.35 bits per heavy atom. The number of hydrogen-bond acceptors (Lipinski definition) is 6. The molecular weight excluding hydrogens is 324 g/mol. The number of ether oxygens (including phenoxy) is 2. The molecule has 1 N–H and O–H groups in total. The predicted molar refractivity (Wildman–Crippen MR) is 79.7 cm³/mol. The van der Waals surface area contributed by atoms with E-state index in [0.29, 0.717) is 36.0 Å². The molecule has 23 heavy (non-hydrogen) atoms. The molecule has 2 heterocycles. The molecule has 0 atom stereocenters. The number of nitrogens with zero attached hydrogens (tertiary/aromatic N) is 2. The smallest absolute Gasteiger partial charge is 0.356 e. The molecule has 8 nitrogen and oxygen atoms in total. The molecule has 0 bridgehead atoms. The Hall–Kier alpha value is -2.55. The molecule has 122 valence electrons. The van der Waals surface area contributed by atoms with Gasteiger partial charge in [0.1, 0.15) is 13.2 Å². The zero-order chi connectivity index (χ0) is 16.8. The lowest BCUT2D eigenvalue weighted by Crippen LogP contribution is -2.16. The van der Waals surface area contributed by atoms with Gasteiger partial charge in [-0.25, -0.2) is 13.2 Å². The summed E-state index contributed by atoms with van der Waals surface area (Å²) >= 11 is 0. The molecule has 1 aliphatic heterocycles. The summed E-state index contributed by atoms with van der Waals surface area (Å²) in [5, 5.41) is 12.9. The van der Waals surface area contributed by atoms with Gasteiger partial charge < -0.3 is 14.6 Å². The number of hydrogen-bond donors (Lipinski definition) is 1. The molecule has 0 saturated carbocycles. The third-order valence-electron chi connectivity index (χ3n) is 3.42. The van der Waals surface area contributed by atoms with Crippen LogP contribution in [-0.2, 0) is 16.9 Å². The van der Waals surface area contributed by atoms with Crippen molar-refractivity contribution in [2.75, 3.05) is 19.5 Å². The second-order valence-electron chi connectivity index (χ2n) is 5.11. The first-order valence-electron chi connectivity index (χ1n) is 6.69. The van der Waals surface area contributed by atoms with Crippen molar-refractivity contribution in [2.24, 2.45) is 7.05 Å². The number of aromatic carboxylic acids is 1. The minimum absolute atomic E-state index is 0.0293. The number of benzene rings is 1. The first kappa shape index (κ1) is 15.3. The van der Waals surface area contributed by atoms with Crippen LogP contribution in [0, 0.1) is 0 Å². The van der Waals surface area contributed by atoms with Gasteiger partial charge in [0.25, 0.3) is 0 Å². The van der Waals surface area contributed by atoms with Gasteiger partial charge in [-0.3, -0.25) is 4.68 Å². The van der Waals surface area contributed by atoms with Crippen molar-refractivity contribution < 1.29 is 27.8 Å². The van der Waals surface area contributed by atoms with E-state index in [9.17, 15) is 13.2 Å². The van der Waals surface area contributed by atoms with Crippen LogP contribution in [-0.4, -0.2) is 48.7 Å². The van der Waals surface area contributed by atoms with Crippen molar-refractivity contribution in [3.05, 3.63) is 23.9 Å². The molecule has 0 saturated heterocycles. The van der Waals surface area contributed by atoms with E-state index < -0.39 is 15.8 Å². The van der Waals surface area contributed by atoms with Gasteiger partial charge >= 0.3 is 5.97 Å². The summed E-state index contributed by atoms with van der Waals surface area (Å²) in [6.45, 7) is 0.695. The highest BCUT2D eigenvalue weighted by Gasteiger charge is 2.24. The van der Waals surface area contributed by atoms with Gasteiger partial charge in [-0.2, -0.15) is 5.10 Å². The Morgan fingerprint density at radius 2 is 1.83 bits per heavy atom. The van der Waals surface area contributed by atoms with Crippen molar-refractivity contribution >= 4 is 15.8 Å². The molecule has 3 rings (SSSR count). The minimum atomic E-state index is -3.57. The predicted octanol–water partition coefficient (Wildman–Crippen LogP) is 0.960. The maximum atomic E-state index is 12.1. The van der Waals surface area contributed by atoms with Crippen LogP contribution in [0.15, 0.2) is 23.1 Å². The van der Waals surface area contributed by atoms with Gasteiger partial charge in [0.15, 0.2) is 27.0 Å². The average molecular weight is 338 g/mol. The minimum Gasteiger partial charge on any atom is -0.486 e. The SMILES string of the molecule is Cn1nc(C(=O)O)cc1-c1cc2c(cc1S(C)(=O)=O)OCCO2. The first-order chi connectivity index (χ1) is 10.8. The fourth-order valence-corrected chi connectivity index (χ4v) is 3.28. The largest absolute Gasteiger partial charge is 0.486 e. The lowest BCUT2D eigenvalue weighted by molar-refractivity contribution is 0.0689. The average Bonchev–Trinajstić information content (AvgIpc) is 2.87. The Labute approximate surface area is 132 Å². The second kappa shape index (κ2) is 5.27. The van der Waals surface area contributed by atoms with Crippen molar-refractivity contribution in [1.29, 1.82) is 0 Å². The number of sulfone groups is 1. The molecule has 0 aliphatic carbocycles. The van der Waals surface area contributed by atoms with Crippen LogP contribution in [0.4, 0.5) is 0 Å². The zero-order valence-corrected chi connectivity index (χ0v) is 13.3. The number of carbonyl (C=O) groups is 1. The monoisotopic (exact) mass is 338 g/mol. The third kappa shape index (κ3) is 2.74. The van der Waals surface area contributed by atoms with Gasteiger partial charge in [-0.1, -0.05) is 0 Å². The number of carboxylic acids is 1. The number of aryl methyl sites for hydroxylation is 1. The lowest BCUT2D eigenvalue weighted by atomic mass is 10.1. The van der Waals surface area contributed by atoms with Gasteiger partial charge in [-0.05, 0) is 12.1 Å². The summed E-state index contributed by atoms with van der Waals surface area (Å²) < 4.78 is 36.5. The van der Waals surface area contributed by atoms with Crippen molar-refractivity contribution in [3.63, 3.8) is 0 Å². The molecule has 1 aromatic heterocycles. The Kier molecular flexibility index (Phi) is 3.52. The third-order valence-corrected chi connectivity index (χ3v) is 4.56. The van der Waals surface area contributed by atoms with Gasteiger partial charge in [0, 0.05) is 24.9 Å². The van der Waals surface area contributed by atoms with E-state index in [1.54, 1.807) is 7.05 Å². The second-order valence-corrected chi connectivity index (χ2v) is 7.09. The molecule has 1 aliphatic rings. The highest BCUT2D eigenvalue weighted by Crippen LogP contribution is 2.39. The molecule has 0 fully saturated rings. The number of fused-ring (bicyclic) bond motifs is 1. The summed E-state index contributed by atoms with van der Waals surface area (Å²) in [7, 11) is -2.02. The van der Waals surface area contributed by atoms with E-state index in [-0.39, 0.29) is 10.6 Å². The summed E-state index contributed by atoms with van der Waals surface area (Å²) in [5.74, 6) is -0.428.